The Balaban J connectivity index is 1.27. The minimum absolute atomic E-state index is 0.00891. The van der Waals surface area contributed by atoms with Crippen molar-refractivity contribution in [3.05, 3.63) is 83.4 Å². The van der Waals surface area contributed by atoms with Crippen LogP contribution in [0.3, 0.4) is 0 Å². The Hall–Kier alpha value is -3.22. The molecule has 3 atom stereocenters. The van der Waals surface area contributed by atoms with Gasteiger partial charge < -0.3 is 28.8 Å². The van der Waals surface area contributed by atoms with Crippen molar-refractivity contribution in [2.24, 2.45) is 11.8 Å². The van der Waals surface area contributed by atoms with E-state index in [0.29, 0.717) is 24.7 Å². The molecule has 0 aliphatic carbocycles. The van der Waals surface area contributed by atoms with Crippen LogP contribution in [0.1, 0.15) is 22.8 Å². The Morgan fingerprint density at radius 2 is 1.76 bits per heavy atom. The third-order valence-electron chi connectivity index (χ3n) is 6.38. The van der Waals surface area contributed by atoms with E-state index >= 15 is 0 Å². The maximum absolute atomic E-state index is 10.2. The standard InChI is InChI=1S/C27H28O6/c1-29-25-12-19(7-9-23(25)30-15-18-5-3-2-4-6-18)11-21-16-31-27(22(21)14-28)20-8-10-24-26(13-20)33-17-32-24/h2-10,12-13,21-22,27-28H,11,14-17H2,1H3/t21-,22-,27+/m1/s1. The normalized spacial score (nSPS) is 21.2. The number of benzene rings is 3. The first kappa shape index (κ1) is 21.6. The van der Waals surface area contributed by atoms with Crippen LogP contribution in [0.5, 0.6) is 23.0 Å². The molecule has 2 aliphatic heterocycles. The van der Waals surface area contributed by atoms with Crippen LogP contribution >= 0.6 is 0 Å². The average Bonchev–Trinajstić information content (AvgIpc) is 3.49. The van der Waals surface area contributed by atoms with E-state index in [1.807, 2.05) is 60.7 Å². The zero-order valence-electron chi connectivity index (χ0n) is 18.6. The highest BCUT2D eigenvalue weighted by molar-refractivity contribution is 5.46. The molecule has 3 aromatic rings. The molecule has 0 bridgehead atoms. The molecule has 0 amide bonds. The summed E-state index contributed by atoms with van der Waals surface area (Å²) in [6.07, 6.45) is 0.603. The summed E-state index contributed by atoms with van der Waals surface area (Å²) >= 11 is 0. The van der Waals surface area contributed by atoms with Gasteiger partial charge in [0.05, 0.1) is 19.8 Å². The van der Waals surface area contributed by atoms with E-state index in [1.54, 1.807) is 7.11 Å². The van der Waals surface area contributed by atoms with Gasteiger partial charge in [-0.15, -0.1) is 0 Å². The molecule has 0 aromatic heterocycles. The monoisotopic (exact) mass is 448 g/mol. The van der Waals surface area contributed by atoms with E-state index in [2.05, 4.69) is 6.07 Å². The summed E-state index contributed by atoms with van der Waals surface area (Å²) < 4.78 is 28.6. The first-order chi connectivity index (χ1) is 16.2. The zero-order valence-corrected chi connectivity index (χ0v) is 18.6. The maximum Gasteiger partial charge on any atom is 0.231 e. The van der Waals surface area contributed by atoms with Gasteiger partial charge in [0.1, 0.15) is 6.61 Å². The van der Waals surface area contributed by atoms with Crippen molar-refractivity contribution in [3.63, 3.8) is 0 Å². The van der Waals surface area contributed by atoms with Crippen LogP contribution in [0, 0.1) is 11.8 Å². The van der Waals surface area contributed by atoms with Gasteiger partial charge in [-0.2, -0.15) is 0 Å². The van der Waals surface area contributed by atoms with Crippen molar-refractivity contribution >= 4 is 0 Å². The first-order valence-corrected chi connectivity index (χ1v) is 11.2. The quantitative estimate of drug-likeness (QED) is 0.546. The molecular formula is C27H28O6. The number of rotatable bonds is 8. The molecule has 2 heterocycles. The Bertz CT molecular complexity index is 1080. The maximum atomic E-state index is 10.2. The van der Waals surface area contributed by atoms with Crippen LogP contribution in [0.15, 0.2) is 66.7 Å². The van der Waals surface area contributed by atoms with Gasteiger partial charge in [0.25, 0.3) is 0 Å². The second-order valence-corrected chi connectivity index (χ2v) is 8.44. The fraction of sp³-hybridized carbons (Fsp3) is 0.333. The van der Waals surface area contributed by atoms with Crippen LogP contribution < -0.4 is 18.9 Å². The number of aliphatic hydroxyl groups excluding tert-OH is 1. The Morgan fingerprint density at radius 3 is 2.58 bits per heavy atom. The van der Waals surface area contributed by atoms with E-state index in [9.17, 15) is 5.11 Å². The van der Waals surface area contributed by atoms with Crippen LogP contribution in [0.2, 0.25) is 0 Å². The molecule has 3 aromatic carbocycles. The molecule has 33 heavy (non-hydrogen) atoms. The lowest BCUT2D eigenvalue weighted by atomic mass is 9.84. The lowest BCUT2D eigenvalue weighted by Gasteiger charge is -2.22. The van der Waals surface area contributed by atoms with Crippen molar-refractivity contribution in [1.82, 2.24) is 0 Å². The van der Waals surface area contributed by atoms with Gasteiger partial charge in [0, 0.05) is 12.5 Å². The van der Waals surface area contributed by atoms with Gasteiger partial charge in [-0.05, 0) is 53.3 Å². The summed E-state index contributed by atoms with van der Waals surface area (Å²) in [5.74, 6) is 3.07. The molecule has 6 heteroatoms. The summed E-state index contributed by atoms with van der Waals surface area (Å²) in [5.41, 5.74) is 3.23. The topological polar surface area (TPSA) is 66.4 Å². The molecule has 0 saturated carbocycles. The van der Waals surface area contributed by atoms with Crippen LogP contribution in [-0.2, 0) is 17.8 Å². The number of fused-ring (bicyclic) bond motifs is 1. The van der Waals surface area contributed by atoms with Gasteiger partial charge in [0.2, 0.25) is 6.79 Å². The van der Waals surface area contributed by atoms with E-state index in [4.69, 9.17) is 23.7 Å². The van der Waals surface area contributed by atoms with E-state index in [1.165, 1.54) is 0 Å². The van der Waals surface area contributed by atoms with Crippen molar-refractivity contribution in [2.45, 2.75) is 19.1 Å². The smallest absolute Gasteiger partial charge is 0.231 e. The van der Waals surface area contributed by atoms with E-state index in [0.717, 1.165) is 34.6 Å². The summed E-state index contributed by atoms with van der Waals surface area (Å²) in [6, 6.07) is 21.9. The lowest BCUT2D eigenvalue weighted by Crippen LogP contribution is -2.21. The lowest BCUT2D eigenvalue weighted by molar-refractivity contribution is 0.0717. The minimum Gasteiger partial charge on any atom is -0.493 e. The number of ether oxygens (including phenoxy) is 5. The highest BCUT2D eigenvalue weighted by Gasteiger charge is 2.38. The minimum atomic E-state index is -0.176. The number of methoxy groups -OCH3 is 1. The summed E-state index contributed by atoms with van der Waals surface area (Å²) in [4.78, 5) is 0. The first-order valence-electron chi connectivity index (χ1n) is 11.2. The SMILES string of the molecule is COc1cc(C[C@@H]2CO[C@@H](c3ccc4c(c3)OCO4)[C@@H]2CO)ccc1OCc1ccccc1. The van der Waals surface area contributed by atoms with Crippen molar-refractivity contribution in [2.75, 3.05) is 27.1 Å². The average molecular weight is 449 g/mol. The van der Waals surface area contributed by atoms with Gasteiger partial charge in [-0.1, -0.05) is 42.5 Å². The van der Waals surface area contributed by atoms with Crippen LogP contribution in [0.4, 0.5) is 0 Å². The predicted molar refractivity (Wildman–Crippen MR) is 123 cm³/mol. The van der Waals surface area contributed by atoms with Gasteiger partial charge in [-0.3, -0.25) is 0 Å². The van der Waals surface area contributed by atoms with Crippen LogP contribution in [0.25, 0.3) is 0 Å². The molecule has 2 aliphatic rings. The number of aliphatic hydroxyl groups is 1. The fourth-order valence-corrected chi connectivity index (χ4v) is 4.61. The fourth-order valence-electron chi connectivity index (χ4n) is 4.61. The second-order valence-electron chi connectivity index (χ2n) is 8.44. The Morgan fingerprint density at radius 1 is 0.909 bits per heavy atom. The Kier molecular flexibility index (Phi) is 6.37. The van der Waals surface area contributed by atoms with Gasteiger partial charge >= 0.3 is 0 Å². The van der Waals surface area contributed by atoms with Gasteiger partial charge in [-0.25, -0.2) is 0 Å². The molecule has 1 fully saturated rings. The number of hydrogen-bond acceptors (Lipinski definition) is 6. The molecule has 0 unspecified atom stereocenters. The molecule has 172 valence electrons. The summed E-state index contributed by atoms with van der Waals surface area (Å²) in [7, 11) is 1.65. The highest BCUT2D eigenvalue weighted by atomic mass is 16.7. The van der Waals surface area contributed by atoms with E-state index in [-0.39, 0.29) is 31.3 Å². The third kappa shape index (κ3) is 4.63. The molecule has 0 radical (unpaired) electrons. The molecular weight excluding hydrogens is 420 g/mol. The Labute approximate surface area is 193 Å². The molecule has 1 saturated heterocycles. The zero-order chi connectivity index (χ0) is 22.6. The summed E-state index contributed by atoms with van der Waals surface area (Å²) in [6.45, 7) is 1.36. The molecule has 6 nitrogen and oxygen atoms in total. The highest BCUT2D eigenvalue weighted by Crippen LogP contribution is 2.43. The van der Waals surface area contributed by atoms with Gasteiger partial charge in [0.15, 0.2) is 23.0 Å². The van der Waals surface area contributed by atoms with Crippen molar-refractivity contribution < 1.29 is 28.8 Å². The second kappa shape index (κ2) is 9.73. The molecule has 0 spiro atoms. The van der Waals surface area contributed by atoms with Crippen molar-refractivity contribution in [1.29, 1.82) is 0 Å². The van der Waals surface area contributed by atoms with Crippen LogP contribution in [-0.4, -0.2) is 32.2 Å². The van der Waals surface area contributed by atoms with E-state index < -0.39 is 0 Å². The predicted octanol–water partition coefficient (Wildman–Crippen LogP) is 4.54. The summed E-state index contributed by atoms with van der Waals surface area (Å²) in [5, 5.41) is 10.2. The number of hydrogen-bond donors (Lipinski definition) is 1. The largest absolute Gasteiger partial charge is 0.493 e. The molecule has 5 rings (SSSR count). The van der Waals surface area contributed by atoms with Crippen molar-refractivity contribution in [3.8, 4) is 23.0 Å². The molecule has 1 N–H and O–H groups in total. The third-order valence-corrected chi connectivity index (χ3v) is 6.38.